The Kier molecular flexibility index (Phi) is 5.77. The van der Waals surface area contributed by atoms with Crippen LogP contribution in [0.25, 0.3) is 0 Å². The van der Waals surface area contributed by atoms with Crippen LogP contribution in [-0.2, 0) is 0 Å². The molecule has 0 heterocycles. The summed E-state index contributed by atoms with van der Waals surface area (Å²) in [4.78, 5) is 0. The summed E-state index contributed by atoms with van der Waals surface area (Å²) in [6.07, 6.45) is 8.92. The molecule has 0 aromatic heterocycles. The van der Waals surface area contributed by atoms with Crippen LogP contribution in [0.5, 0.6) is 0 Å². The lowest BCUT2D eigenvalue weighted by Gasteiger charge is -2.37. The Morgan fingerprint density at radius 1 is 1.25 bits per heavy atom. The normalized spacial score (nSPS) is 32.6. The Bertz CT molecular complexity index is 185. The minimum atomic E-state index is -0.357. The molecule has 0 amide bonds. The van der Waals surface area contributed by atoms with Crippen LogP contribution in [0, 0.1) is 0 Å². The van der Waals surface area contributed by atoms with E-state index in [1.807, 2.05) is 0 Å². The van der Waals surface area contributed by atoms with Gasteiger partial charge in [0.2, 0.25) is 0 Å². The van der Waals surface area contributed by atoms with Gasteiger partial charge in [-0.05, 0) is 44.9 Å². The highest BCUT2D eigenvalue weighted by Crippen LogP contribution is 2.31. The van der Waals surface area contributed by atoms with E-state index in [1.165, 1.54) is 19.3 Å². The van der Waals surface area contributed by atoms with Gasteiger partial charge in [-0.3, -0.25) is 0 Å². The number of aliphatic hydroxyl groups is 1. The van der Waals surface area contributed by atoms with E-state index in [0.29, 0.717) is 12.1 Å². The summed E-state index contributed by atoms with van der Waals surface area (Å²) in [6.45, 7) is 6.61. The lowest BCUT2D eigenvalue weighted by atomic mass is 9.80. The predicted octanol–water partition coefficient (Wildman–Crippen LogP) is 3.24. The average Bonchev–Trinajstić information content (AvgIpc) is 2.31. The molecule has 0 aliphatic heterocycles. The lowest BCUT2D eigenvalue weighted by molar-refractivity contribution is -0.00794. The van der Waals surface area contributed by atoms with Crippen LogP contribution in [0.3, 0.4) is 0 Å². The minimum Gasteiger partial charge on any atom is -0.390 e. The predicted molar refractivity (Wildman–Crippen MR) is 69.6 cm³/mol. The summed E-state index contributed by atoms with van der Waals surface area (Å²) in [5.74, 6) is 0. The van der Waals surface area contributed by atoms with E-state index in [0.717, 1.165) is 32.1 Å². The molecule has 96 valence electrons. The van der Waals surface area contributed by atoms with Gasteiger partial charge in [-0.2, -0.15) is 0 Å². The minimum absolute atomic E-state index is 0.357. The summed E-state index contributed by atoms with van der Waals surface area (Å²) < 4.78 is 0. The third-order valence-corrected chi connectivity index (χ3v) is 4.18. The molecule has 0 aromatic rings. The fraction of sp³-hybridized carbons (Fsp3) is 1.00. The summed E-state index contributed by atoms with van der Waals surface area (Å²) in [5.41, 5.74) is -0.357. The van der Waals surface area contributed by atoms with E-state index in [1.54, 1.807) is 0 Å². The van der Waals surface area contributed by atoms with Gasteiger partial charge in [0.15, 0.2) is 0 Å². The van der Waals surface area contributed by atoms with E-state index in [9.17, 15) is 5.11 Å². The highest BCUT2D eigenvalue weighted by atomic mass is 16.3. The fourth-order valence-electron chi connectivity index (χ4n) is 2.76. The van der Waals surface area contributed by atoms with Crippen molar-refractivity contribution >= 4 is 0 Å². The quantitative estimate of drug-likeness (QED) is 0.730. The number of rotatable bonds is 6. The number of hydrogen-bond acceptors (Lipinski definition) is 2. The molecule has 1 aliphatic rings. The van der Waals surface area contributed by atoms with Crippen molar-refractivity contribution in [2.45, 2.75) is 89.8 Å². The molecule has 0 bridgehead atoms. The second-order valence-corrected chi connectivity index (χ2v) is 5.41. The van der Waals surface area contributed by atoms with Crippen molar-refractivity contribution in [3.8, 4) is 0 Å². The van der Waals surface area contributed by atoms with Gasteiger partial charge in [-0.25, -0.2) is 0 Å². The Labute approximate surface area is 101 Å². The first-order chi connectivity index (χ1) is 7.63. The third kappa shape index (κ3) is 4.06. The van der Waals surface area contributed by atoms with E-state index in [-0.39, 0.29) is 5.60 Å². The van der Waals surface area contributed by atoms with Gasteiger partial charge in [-0.15, -0.1) is 0 Å². The van der Waals surface area contributed by atoms with Crippen molar-refractivity contribution in [1.82, 2.24) is 5.32 Å². The van der Waals surface area contributed by atoms with Crippen molar-refractivity contribution in [3.05, 3.63) is 0 Å². The van der Waals surface area contributed by atoms with Crippen molar-refractivity contribution in [2.75, 3.05) is 0 Å². The van der Waals surface area contributed by atoms with Crippen LogP contribution in [0.15, 0.2) is 0 Å². The zero-order chi connectivity index (χ0) is 12.0. The van der Waals surface area contributed by atoms with Gasteiger partial charge in [0.05, 0.1) is 5.60 Å². The summed E-state index contributed by atoms with van der Waals surface area (Å²) in [6, 6.07) is 1.33. The molecule has 0 spiro atoms. The Balaban J connectivity index is 2.30. The first kappa shape index (κ1) is 14.0. The second-order valence-electron chi connectivity index (χ2n) is 5.41. The maximum Gasteiger partial charge on any atom is 0.0646 e. The molecule has 1 fully saturated rings. The molecule has 0 saturated heterocycles. The maximum atomic E-state index is 10.2. The number of hydrogen-bond donors (Lipinski definition) is 2. The van der Waals surface area contributed by atoms with Crippen LogP contribution in [0.1, 0.15) is 72.1 Å². The van der Waals surface area contributed by atoms with Gasteiger partial charge in [0.25, 0.3) is 0 Å². The molecule has 1 atom stereocenters. The molecule has 2 heteroatoms. The van der Waals surface area contributed by atoms with Crippen LogP contribution >= 0.6 is 0 Å². The highest BCUT2D eigenvalue weighted by molar-refractivity contribution is 4.88. The molecular weight excluding hydrogens is 198 g/mol. The van der Waals surface area contributed by atoms with Gasteiger partial charge < -0.3 is 10.4 Å². The van der Waals surface area contributed by atoms with Crippen LogP contribution in [0.2, 0.25) is 0 Å². The van der Waals surface area contributed by atoms with Crippen LogP contribution in [-0.4, -0.2) is 22.8 Å². The van der Waals surface area contributed by atoms with Crippen molar-refractivity contribution in [3.63, 3.8) is 0 Å². The molecule has 1 rings (SSSR count). The molecule has 1 saturated carbocycles. The van der Waals surface area contributed by atoms with Crippen molar-refractivity contribution in [2.24, 2.45) is 0 Å². The smallest absolute Gasteiger partial charge is 0.0646 e. The molecule has 16 heavy (non-hydrogen) atoms. The van der Waals surface area contributed by atoms with Crippen molar-refractivity contribution in [1.29, 1.82) is 0 Å². The molecule has 0 aromatic carbocycles. The standard InChI is InChI=1S/C14H29NO/c1-4-7-12(5-2)15-13-8-10-14(16,6-3)11-9-13/h12-13,15-16H,4-11H2,1-3H3. The molecule has 1 unspecified atom stereocenters. The molecule has 1 aliphatic carbocycles. The zero-order valence-electron chi connectivity index (χ0n) is 11.3. The number of nitrogens with one attached hydrogen (secondary N) is 1. The first-order valence-corrected chi connectivity index (χ1v) is 7.12. The zero-order valence-corrected chi connectivity index (χ0v) is 11.3. The molecule has 2 nitrogen and oxygen atoms in total. The Morgan fingerprint density at radius 2 is 1.88 bits per heavy atom. The van der Waals surface area contributed by atoms with Gasteiger partial charge in [-0.1, -0.05) is 27.2 Å². The van der Waals surface area contributed by atoms with Gasteiger partial charge >= 0.3 is 0 Å². The largest absolute Gasteiger partial charge is 0.390 e. The Hall–Kier alpha value is -0.0800. The monoisotopic (exact) mass is 227 g/mol. The fourth-order valence-corrected chi connectivity index (χ4v) is 2.76. The molecule has 2 N–H and O–H groups in total. The summed E-state index contributed by atoms with van der Waals surface area (Å²) >= 11 is 0. The van der Waals surface area contributed by atoms with Crippen LogP contribution < -0.4 is 5.32 Å². The summed E-state index contributed by atoms with van der Waals surface area (Å²) in [5, 5.41) is 13.9. The topological polar surface area (TPSA) is 32.3 Å². The highest BCUT2D eigenvalue weighted by Gasteiger charge is 2.31. The second kappa shape index (κ2) is 6.61. The summed E-state index contributed by atoms with van der Waals surface area (Å²) in [7, 11) is 0. The van der Waals surface area contributed by atoms with Gasteiger partial charge in [0.1, 0.15) is 0 Å². The van der Waals surface area contributed by atoms with E-state index < -0.39 is 0 Å². The van der Waals surface area contributed by atoms with Crippen LogP contribution in [0.4, 0.5) is 0 Å². The average molecular weight is 227 g/mol. The first-order valence-electron chi connectivity index (χ1n) is 7.12. The molecule has 0 radical (unpaired) electrons. The third-order valence-electron chi connectivity index (χ3n) is 4.18. The maximum absolute atomic E-state index is 10.2. The lowest BCUT2D eigenvalue weighted by Crippen LogP contribution is -2.44. The Morgan fingerprint density at radius 3 is 2.31 bits per heavy atom. The molecular formula is C14H29NO. The van der Waals surface area contributed by atoms with E-state index in [2.05, 4.69) is 26.1 Å². The SMILES string of the molecule is CCCC(CC)NC1CCC(O)(CC)CC1. The van der Waals surface area contributed by atoms with Crippen molar-refractivity contribution < 1.29 is 5.11 Å². The van der Waals surface area contributed by atoms with E-state index in [4.69, 9.17) is 0 Å². The van der Waals surface area contributed by atoms with Gasteiger partial charge in [0, 0.05) is 12.1 Å². The van der Waals surface area contributed by atoms with E-state index >= 15 is 0 Å².